The Kier molecular flexibility index (Phi) is 10.9. The molecule has 0 aliphatic heterocycles. The van der Waals surface area contributed by atoms with E-state index in [1.165, 1.54) is 0 Å². The van der Waals surface area contributed by atoms with Gasteiger partial charge < -0.3 is 20.7 Å². The topological polar surface area (TPSA) is 74.8 Å². The molecule has 2 rings (SSSR count). The van der Waals surface area contributed by atoms with Crippen LogP contribution in [0.5, 0.6) is 5.75 Å². The number of carbonyl (C=O) groups is 1. The molecule has 0 atom stereocenters. The molecule has 0 unspecified atom stereocenters. The third-order valence-electron chi connectivity index (χ3n) is 3.32. The summed E-state index contributed by atoms with van der Waals surface area (Å²) in [6.45, 7) is 1.46. The van der Waals surface area contributed by atoms with E-state index in [1.807, 2.05) is 60.7 Å². The number of aliphatic imine (C=N–C) groups is 1. The normalized spacial score (nSPS) is 10.4. The molecule has 3 N–H and O–H groups in total. The van der Waals surface area contributed by atoms with Crippen LogP contribution in [0.4, 0.5) is 5.69 Å². The summed E-state index contributed by atoms with van der Waals surface area (Å²) in [6.07, 6.45) is 0.825. The average molecular weight is 468 g/mol. The maximum absolute atomic E-state index is 11.9. The molecule has 0 aliphatic rings. The van der Waals surface area contributed by atoms with Gasteiger partial charge in [-0.2, -0.15) is 0 Å². The Morgan fingerprint density at radius 3 is 2.31 bits per heavy atom. The fourth-order valence-electron chi connectivity index (χ4n) is 2.10. The number of anilines is 1. The van der Waals surface area contributed by atoms with Crippen LogP contribution in [0.15, 0.2) is 65.7 Å². The van der Waals surface area contributed by atoms with Gasteiger partial charge in [0.2, 0.25) is 5.91 Å². The number of ether oxygens (including phenoxy) is 1. The first-order chi connectivity index (χ1) is 12.3. The van der Waals surface area contributed by atoms with E-state index in [0.717, 1.165) is 17.9 Å². The minimum atomic E-state index is -0.124. The Bertz CT molecular complexity index is 666. The second-order valence-electron chi connectivity index (χ2n) is 5.28. The second kappa shape index (κ2) is 13.0. The third-order valence-corrected chi connectivity index (χ3v) is 3.32. The fraction of sp³-hybridized carbons (Fsp3) is 0.263. The van der Waals surface area contributed by atoms with Crippen LogP contribution in [0.2, 0.25) is 0 Å². The number of guanidine groups is 1. The van der Waals surface area contributed by atoms with E-state index in [9.17, 15) is 4.79 Å². The maximum atomic E-state index is 11.9. The highest BCUT2D eigenvalue weighted by Gasteiger charge is 2.03. The lowest BCUT2D eigenvalue weighted by molar-refractivity contribution is -0.115. The van der Waals surface area contributed by atoms with Crippen molar-refractivity contribution in [1.82, 2.24) is 10.6 Å². The molecule has 7 heteroatoms. The monoisotopic (exact) mass is 468 g/mol. The van der Waals surface area contributed by atoms with Gasteiger partial charge in [-0.05, 0) is 30.7 Å². The van der Waals surface area contributed by atoms with Gasteiger partial charge in [0.05, 0.1) is 13.2 Å². The Morgan fingerprint density at radius 2 is 1.65 bits per heavy atom. The summed E-state index contributed by atoms with van der Waals surface area (Å²) in [5.41, 5.74) is 0.773. The van der Waals surface area contributed by atoms with Gasteiger partial charge in [0, 0.05) is 19.3 Å². The van der Waals surface area contributed by atoms with Gasteiger partial charge in [0.1, 0.15) is 5.75 Å². The van der Waals surface area contributed by atoms with Crippen LogP contribution in [-0.2, 0) is 4.79 Å². The van der Waals surface area contributed by atoms with Gasteiger partial charge in [0.15, 0.2) is 5.96 Å². The molecule has 0 saturated carbocycles. The Morgan fingerprint density at radius 1 is 1.00 bits per heavy atom. The first-order valence-electron chi connectivity index (χ1n) is 8.25. The van der Waals surface area contributed by atoms with E-state index < -0.39 is 0 Å². The molecular formula is C19H25IN4O2. The van der Waals surface area contributed by atoms with Crippen molar-refractivity contribution in [3.05, 3.63) is 60.7 Å². The van der Waals surface area contributed by atoms with Crippen LogP contribution in [-0.4, -0.2) is 38.6 Å². The number of carbonyl (C=O) groups excluding carboxylic acids is 1. The zero-order chi connectivity index (χ0) is 17.7. The maximum Gasteiger partial charge on any atom is 0.243 e. The minimum Gasteiger partial charge on any atom is -0.494 e. The summed E-state index contributed by atoms with van der Waals surface area (Å²) in [5, 5.41) is 8.95. The number of nitrogens with zero attached hydrogens (tertiary/aromatic N) is 1. The number of para-hydroxylation sites is 2. The lowest BCUT2D eigenvalue weighted by Crippen LogP contribution is -2.41. The van der Waals surface area contributed by atoms with E-state index in [2.05, 4.69) is 20.9 Å². The molecule has 0 heterocycles. The molecule has 0 fully saturated rings. The summed E-state index contributed by atoms with van der Waals surface area (Å²) in [6, 6.07) is 19.1. The number of hydrogen-bond acceptors (Lipinski definition) is 3. The summed E-state index contributed by atoms with van der Waals surface area (Å²) < 4.78 is 5.62. The highest BCUT2D eigenvalue weighted by Crippen LogP contribution is 2.08. The summed E-state index contributed by atoms with van der Waals surface area (Å²) >= 11 is 0. The second-order valence-corrected chi connectivity index (χ2v) is 5.28. The van der Waals surface area contributed by atoms with E-state index in [-0.39, 0.29) is 36.4 Å². The molecule has 0 spiro atoms. The molecule has 1 amide bonds. The van der Waals surface area contributed by atoms with Crippen molar-refractivity contribution in [2.24, 2.45) is 4.99 Å². The van der Waals surface area contributed by atoms with Crippen molar-refractivity contribution < 1.29 is 9.53 Å². The van der Waals surface area contributed by atoms with E-state index in [0.29, 0.717) is 19.1 Å². The molecule has 2 aromatic rings. The molecule has 140 valence electrons. The third kappa shape index (κ3) is 8.70. The van der Waals surface area contributed by atoms with E-state index in [4.69, 9.17) is 4.74 Å². The highest BCUT2D eigenvalue weighted by atomic mass is 127. The quantitative estimate of drug-likeness (QED) is 0.241. The lowest BCUT2D eigenvalue weighted by atomic mass is 10.3. The molecule has 26 heavy (non-hydrogen) atoms. The molecule has 0 saturated heterocycles. The Labute approximate surface area is 171 Å². The van der Waals surface area contributed by atoms with Crippen LogP contribution in [0.25, 0.3) is 0 Å². The number of halogens is 1. The SMILES string of the molecule is CN=C(NCCCOc1ccccc1)NCC(=O)Nc1ccccc1.I. The molecule has 0 radical (unpaired) electrons. The number of hydrogen-bond donors (Lipinski definition) is 3. The van der Waals surface area contributed by atoms with Crippen molar-refractivity contribution in [2.75, 3.05) is 32.1 Å². The van der Waals surface area contributed by atoms with Crippen LogP contribution >= 0.6 is 24.0 Å². The van der Waals surface area contributed by atoms with Crippen LogP contribution in [0, 0.1) is 0 Å². The molecular weight excluding hydrogens is 443 g/mol. The minimum absolute atomic E-state index is 0. The average Bonchev–Trinajstić information content (AvgIpc) is 2.65. The largest absolute Gasteiger partial charge is 0.494 e. The van der Waals surface area contributed by atoms with Crippen LogP contribution in [0.1, 0.15) is 6.42 Å². The van der Waals surface area contributed by atoms with Crippen molar-refractivity contribution in [3.63, 3.8) is 0 Å². The predicted octanol–water partition coefficient (Wildman–Crippen LogP) is 2.88. The van der Waals surface area contributed by atoms with Gasteiger partial charge in [-0.25, -0.2) is 0 Å². The molecule has 0 aliphatic carbocycles. The molecule has 0 bridgehead atoms. The molecule has 6 nitrogen and oxygen atoms in total. The van der Waals surface area contributed by atoms with Gasteiger partial charge in [-0.15, -0.1) is 24.0 Å². The van der Waals surface area contributed by atoms with Gasteiger partial charge in [-0.3, -0.25) is 9.79 Å². The summed E-state index contributed by atoms with van der Waals surface area (Å²) in [4.78, 5) is 16.0. The van der Waals surface area contributed by atoms with Crippen molar-refractivity contribution in [3.8, 4) is 5.75 Å². The number of rotatable bonds is 8. The highest BCUT2D eigenvalue weighted by molar-refractivity contribution is 14.0. The van der Waals surface area contributed by atoms with Crippen LogP contribution in [0.3, 0.4) is 0 Å². The zero-order valence-electron chi connectivity index (χ0n) is 14.8. The van der Waals surface area contributed by atoms with Crippen molar-refractivity contribution in [2.45, 2.75) is 6.42 Å². The van der Waals surface area contributed by atoms with Gasteiger partial charge >= 0.3 is 0 Å². The zero-order valence-corrected chi connectivity index (χ0v) is 17.1. The van der Waals surface area contributed by atoms with Crippen molar-refractivity contribution in [1.29, 1.82) is 0 Å². The lowest BCUT2D eigenvalue weighted by Gasteiger charge is -2.12. The van der Waals surface area contributed by atoms with Gasteiger partial charge in [0.25, 0.3) is 0 Å². The predicted molar refractivity (Wildman–Crippen MR) is 116 cm³/mol. The van der Waals surface area contributed by atoms with E-state index >= 15 is 0 Å². The Balaban J connectivity index is 0.00000338. The van der Waals surface area contributed by atoms with E-state index in [1.54, 1.807) is 7.05 Å². The standard InChI is InChI=1S/C19H24N4O2.HI/c1-20-19(21-13-8-14-25-17-11-6-3-7-12-17)22-15-18(24)23-16-9-4-2-5-10-16;/h2-7,9-12H,8,13-15H2,1H3,(H,23,24)(H2,20,21,22);1H. The smallest absolute Gasteiger partial charge is 0.243 e. The number of benzene rings is 2. The summed E-state index contributed by atoms with van der Waals surface area (Å²) in [5.74, 6) is 1.33. The first-order valence-corrected chi connectivity index (χ1v) is 8.25. The van der Waals surface area contributed by atoms with Crippen LogP contribution < -0.4 is 20.7 Å². The molecule has 2 aromatic carbocycles. The number of amides is 1. The summed E-state index contributed by atoms with van der Waals surface area (Å²) in [7, 11) is 1.67. The van der Waals surface area contributed by atoms with Gasteiger partial charge in [-0.1, -0.05) is 36.4 Å². The Hall–Kier alpha value is -2.29. The molecule has 0 aromatic heterocycles. The number of nitrogens with one attached hydrogen (secondary N) is 3. The fourth-order valence-corrected chi connectivity index (χ4v) is 2.10. The first kappa shape index (κ1) is 21.8. The van der Waals surface area contributed by atoms with Crippen molar-refractivity contribution >= 4 is 41.5 Å².